The Balaban J connectivity index is 1.81. The third-order valence-corrected chi connectivity index (χ3v) is 4.74. The molecule has 0 aliphatic heterocycles. The zero-order valence-electron chi connectivity index (χ0n) is 15.7. The maximum atomic E-state index is 13.5. The van der Waals surface area contributed by atoms with Gasteiger partial charge in [-0.1, -0.05) is 36.7 Å². The number of carbonyl (C=O) groups excluding carboxylic acids is 1. The lowest BCUT2D eigenvalue weighted by Gasteiger charge is -2.16. The molecule has 1 heterocycles. The minimum absolute atomic E-state index is 0.0632. The molecule has 2 aromatic carbocycles. The number of aromatic nitrogens is 1. The van der Waals surface area contributed by atoms with E-state index < -0.39 is 5.82 Å². The Morgan fingerprint density at radius 3 is 2.82 bits per heavy atom. The average Bonchev–Trinajstić information content (AvgIpc) is 3.10. The number of halogens is 2. The zero-order valence-corrected chi connectivity index (χ0v) is 16.4. The number of rotatable bonds is 8. The van der Waals surface area contributed by atoms with Crippen molar-refractivity contribution in [2.45, 2.75) is 20.5 Å². The quantitative estimate of drug-likeness (QED) is 0.598. The van der Waals surface area contributed by atoms with Crippen molar-refractivity contribution in [3.63, 3.8) is 0 Å². The summed E-state index contributed by atoms with van der Waals surface area (Å²) in [5.74, 6) is 0.155. The van der Waals surface area contributed by atoms with Crippen LogP contribution in [0.25, 0.3) is 11.0 Å². The van der Waals surface area contributed by atoms with Crippen LogP contribution in [0.2, 0.25) is 5.02 Å². The van der Waals surface area contributed by atoms with Gasteiger partial charge in [-0.3, -0.25) is 9.69 Å². The van der Waals surface area contributed by atoms with Crippen LogP contribution in [0.1, 0.15) is 19.4 Å². The van der Waals surface area contributed by atoms with E-state index in [1.807, 2.05) is 18.7 Å². The van der Waals surface area contributed by atoms with Crippen LogP contribution in [-0.4, -0.2) is 35.6 Å². The van der Waals surface area contributed by atoms with E-state index >= 15 is 0 Å². The monoisotopic (exact) mass is 405 g/mol. The molecule has 3 rings (SSSR count). The van der Waals surface area contributed by atoms with Crippen LogP contribution in [0.15, 0.2) is 40.9 Å². The van der Waals surface area contributed by atoms with Gasteiger partial charge in [-0.05, 0) is 43.4 Å². The van der Waals surface area contributed by atoms with E-state index in [2.05, 4.69) is 10.5 Å². The summed E-state index contributed by atoms with van der Waals surface area (Å²) in [5, 5.41) is 7.67. The van der Waals surface area contributed by atoms with Crippen LogP contribution >= 0.6 is 11.6 Å². The summed E-state index contributed by atoms with van der Waals surface area (Å²) < 4.78 is 24.6. The largest absolute Gasteiger partial charge is 0.488 e. The predicted octanol–water partition coefficient (Wildman–Crippen LogP) is 4.48. The molecule has 0 spiro atoms. The van der Waals surface area contributed by atoms with Crippen molar-refractivity contribution in [3.8, 4) is 5.75 Å². The van der Waals surface area contributed by atoms with Crippen molar-refractivity contribution in [2.75, 3.05) is 25.0 Å². The molecule has 148 valence electrons. The first-order chi connectivity index (χ1) is 13.5. The molecule has 28 heavy (non-hydrogen) atoms. The fourth-order valence-electron chi connectivity index (χ4n) is 2.80. The van der Waals surface area contributed by atoms with E-state index in [1.54, 1.807) is 18.2 Å². The highest BCUT2D eigenvalue weighted by Crippen LogP contribution is 2.33. The number of ether oxygens (including phenoxy) is 1. The molecule has 0 aliphatic rings. The summed E-state index contributed by atoms with van der Waals surface area (Å²) in [5.41, 5.74) is 0.989. The molecular weight excluding hydrogens is 385 g/mol. The Bertz CT molecular complexity index is 972. The number of fused-ring (bicyclic) bond motifs is 1. The third-order valence-electron chi connectivity index (χ3n) is 4.37. The molecule has 0 unspecified atom stereocenters. The lowest BCUT2D eigenvalue weighted by molar-refractivity contribution is -0.117. The maximum Gasteiger partial charge on any atom is 0.239 e. The standard InChI is InChI=1S/C20H21ClFN3O3/c1-3-25(4-2)11-18(26)23-20-19-16(6-5-7-17(19)28-24-20)27-12-13-10-14(22)8-9-15(13)21/h5-10H,3-4,11-12H2,1-2H3,(H,23,24,26). The molecule has 1 amide bonds. The van der Waals surface area contributed by atoms with Crippen LogP contribution < -0.4 is 10.1 Å². The van der Waals surface area contributed by atoms with Gasteiger partial charge in [0.25, 0.3) is 0 Å². The van der Waals surface area contributed by atoms with Crippen LogP contribution in [0.3, 0.4) is 0 Å². The van der Waals surface area contributed by atoms with Gasteiger partial charge in [0.05, 0.1) is 6.54 Å². The van der Waals surface area contributed by atoms with Crippen LogP contribution in [0, 0.1) is 5.82 Å². The Hall–Kier alpha value is -2.64. The molecule has 0 radical (unpaired) electrons. The van der Waals surface area contributed by atoms with Crippen molar-refractivity contribution in [1.29, 1.82) is 0 Å². The van der Waals surface area contributed by atoms with Gasteiger partial charge in [0.1, 0.15) is 23.6 Å². The molecule has 1 aromatic heterocycles. The van der Waals surface area contributed by atoms with E-state index in [0.29, 0.717) is 27.3 Å². The minimum atomic E-state index is -0.393. The van der Waals surface area contributed by atoms with E-state index in [0.717, 1.165) is 13.1 Å². The number of hydrogen-bond acceptors (Lipinski definition) is 5. The Labute approximate surface area is 167 Å². The highest BCUT2D eigenvalue weighted by atomic mass is 35.5. The fourth-order valence-corrected chi connectivity index (χ4v) is 2.97. The molecule has 6 nitrogen and oxygen atoms in total. The average molecular weight is 406 g/mol. The zero-order chi connectivity index (χ0) is 20.1. The first kappa shape index (κ1) is 20.1. The van der Waals surface area contributed by atoms with Crippen molar-refractivity contribution in [1.82, 2.24) is 10.1 Å². The molecule has 0 saturated heterocycles. The molecule has 8 heteroatoms. The van der Waals surface area contributed by atoms with Crippen molar-refractivity contribution in [3.05, 3.63) is 52.8 Å². The second kappa shape index (κ2) is 9.03. The van der Waals surface area contributed by atoms with Crippen molar-refractivity contribution < 1.29 is 18.4 Å². The number of benzene rings is 2. The van der Waals surface area contributed by atoms with Crippen LogP contribution in [0.4, 0.5) is 10.2 Å². The second-order valence-corrected chi connectivity index (χ2v) is 6.60. The van der Waals surface area contributed by atoms with Crippen molar-refractivity contribution >= 4 is 34.3 Å². The Morgan fingerprint density at radius 2 is 2.07 bits per heavy atom. The lowest BCUT2D eigenvalue weighted by Crippen LogP contribution is -2.33. The highest BCUT2D eigenvalue weighted by molar-refractivity contribution is 6.31. The van der Waals surface area contributed by atoms with E-state index in [9.17, 15) is 9.18 Å². The number of nitrogens with one attached hydrogen (secondary N) is 1. The molecule has 0 bridgehead atoms. The topological polar surface area (TPSA) is 67.6 Å². The van der Waals surface area contributed by atoms with Gasteiger partial charge >= 0.3 is 0 Å². The maximum absolute atomic E-state index is 13.5. The first-order valence-electron chi connectivity index (χ1n) is 8.99. The van der Waals surface area contributed by atoms with Gasteiger partial charge in [0.15, 0.2) is 11.4 Å². The van der Waals surface area contributed by atoms with Gasteiger partial charge in [-0.15, -0.1) is 0 Å². The number of anilines is 1. The Kier molecular flexibility index (Phi) is 6.49. The SMILES string of the molecule is CCN(CC)CC(=O)Nc1noc2cccc(OCc3cc(F)ccc3Cl)c12. The Morgan fingerprint density at radius 1 is 1.29 bits per heavy atom. The molecule has 1 N–H and O–H groups in total. The summed E-state index contributed by atoms with van der Waals surface area (Å²) >= 11 is 6.10. The predicted molar refractivity (Wildman–Crippen MR) is 106 cm³/mol. The number of nitrogens with zero attached hydrogens (tertiary/aromatic N) is 2. The van der Waals surface area contributed by atoms with Gasteiger partial charge in [-0.25, -0.2) is 4.39 Å². The smallest absolute Gasteiger partial charge is 0.239 e. The molecule has 0 aliphatic carbocycles. The molecule has 0 saturated carbocycles. The summed E-state index contributed by atoms with van der Waals surface area (Å²) in [4.78, 5) is 14.3. The van der Waals surface area contributed by atoms with Gasteiger partial charge in [-0.2, -0.15) is 0 Å². The van der Waals surface area contributed by atoms with E-state index in [4.69, 9.17) is 20.9 Å². The number of likely N-dealkylation sites (N-methyl/N-ethyl adjacent to an activating group) is 1. The van der Waals surface area contributed by atoms with E-state index in [1.165, 1.54) is 18.2 Å². The minimum Gasteiger partial charge on any atom is -0.488 e. The highest BCUT2D eigenvalue weighted by Gasteiger charge is 2.17. The van der Waals surface area contributed by atoms with Gasteiger partial charge in [0, 0.05) is 10.6 Å². The molecular formula is C20H21ClFN3O3. The summed E-state index contributed by atoms with van der Waals surface area (Å²) in [6, 6.07) is 9.29. The number of carbonyl (C=O) groups is 1. The molecule has 0 fully saturated rings. The normalized spacial score (nSPS) is 11.2. The van der Waals surface area contributed by atoms with Crippen LogP contribution in [-0.2, 0) is 11.4 Å². The summed E-state index contributed by atoms with van der Waals surface area (Å²) in [6.45, 7) is 5.84. The van der Waals surface area contributed by atoms with Crippen LogP contribution in [0.5, 0.6) is 5.75 Å². The second-order valence-electron chi connectivity index (χ2n) is 6.19. The molecule has 0 atom stereocenters. The number of amides is 1. The first-order valence-corrected chi connectivity index (χ1v) is 9.37. The number of hydrogen-bond donors (Lipinski definition) is 1. The van der Waals surface area contributed by atoms with E-state index in [-0.39, 0.29) is 24.9 Å². The summed E-state index contributed by atoms with van der Waals surface area (Å²) in [6.07, 6.45) is 0. The van der Waals surface area contributed by atoms with Gasteiger partial charge in [0.2, 0.25) is 5.91 Å². The third kappa shape index (κ3) is 4.61. The lowest BCUT2D eigenvalue weighted by atomic mass is 10.2. The van der Waals surface area contributed by atoms with Gasteiger partial charge < -0.3 is 14.6 Å². The fraction of sp³-hybridized carbons (Fsp3) is 0.300. The van der Waals surface area contributed by atoms with Crippen molar-refractivity contribution in [2.24, 2.45) is 0 Å². The summed E-state index contributed by atoms with van der Waals surface area (Å²) in [7, 11) is 0. The molecule has 3 aromatic rings.